The highest BCUT2D eigenvalue weighted by Crippen LogP contribution is 2.31. The summed E-state index contributed by atoms with van der Waals surface area (Å²) in [6, 6.07) is 14.2. The lowest BCUT2D eigenvalue weighted by atomic mass is 9.86. The van der Waals surface area contributed by atoms with Crippen LogP contribution in [-0.2, 0) is 0 Å². The van der Waals surface area contributed by atoms with Gasteiger partial charge in [0.1, 0.15) is 0 Å². The molecule has 5 heteroatoms. The summed E-state index contributed by atoms with van der Waals surface area (Å²) in [5, 5.41) is 12.3. The monoisotopic (exact) mass is 323 g/mol. The predicted molar refractivity (Wildman–Crippen MR) is 85.8 cm³/mol. The molecule has 0 fully saturated rings. The van der Waals surface area contributed by atoms with E-state index in [-0.39, 0.29) is 10.8 Å². The second-order valence-corrected chi connectivity index (χ2v) is 5.90. The first-order chi connectivity index (χ1) is 9.97. The summed E-state index contributed by atoms with van der Waals surface area (Å²) in [7, 11) is 0. The van der Waals surface area contributed by atoms with Crippen LogP contribution in [0.4, 0.5) is 0 Å². The van der Waals surface area contributed by atoms with Crippen molar-refractivity contribution in [1.29, 1.82) is 0 Å². The van der Waals surface area contributed by atoms with Crippen LogP contribution in [0.3, 0.4) is 0 Å². The Balaban J connectivity index is 2.36. The molecular formula is C16H15Cl2NO2. The van der Waals surface area contributed by atoms with Gasteiger partial charge in [-0.05, 0) is 35.4 Å². The van der Waals surface area contributed by atoms with Crippen molar-refractivity contribution in [3.63, 3.8) is 0 Å². The van der Waals surface area contributed by atoms with Crippen LogP contribution in [0.1, 0.15) is 30.4 Å². The van der Waals surface area contributed by atoms with Gasteiger partial charge in [-0.3, -0.25) is 10.1 Å². The van der Waals surface area contributed by atoms with Gasteiger partial charge in [-0.25, -0.2) is 0 Å². The molecule has 0 saturated heterocycles. The van der Waals surface area contributed by atoms with Crippen molar-refractivity contribution < 1.29 is 4.92 Å². The second-order valence-electron chi connectivity index (χ2n) is 5.03. The van der Waals surface area contributed by atoms with Crippen LogP contribution >= 0.6 is 23.2 Å². The molecule has 0 aromatic heterocycles. The van der Waals surface area contributed by atoms with E-state index in [0.717, 1.165) is 11.1 Å². The van der Waals surface area contributed by atoms with E-state index < -0.39 is 6.04 Å². The summed E-state index contributed by atoms with van der Waals surface area (Å²) in [4.78, 5) is 10.7. The van der Waals surface area contributed by atoms with Crippen molar-refractivity contribution in [2.24, 2.45) is 0 Å². The van der Waals surface area contributed by atoms with Crippen LogP contribution in [0.15, 0.2) is 48.5 Å². The Morgan fingerprint density at radius 3 is 1.67 bits per heavy atom. The highest BCUT2D eigenvalue weighted by molar-refractivity contribution is 6.30. The third-order valence-corrected chi connectivity index (χ3v) is 3.99. The van der Waals surface area contributed by atoms with Crippen molar-refractivity contribution in [2.45, 2.75) is 25.3 Å². The quantitative estimate of drug-likeness (QED) is 0.562. The fourth-order valence-electron chi connectivity index (χ4n) is 2.28. The minimum atomic E-state index is -0.624. The van der Waals surface area contributed by atoms with Crippen LogP contribution in [-0.4, -0.2) is 11.0 Å². The predicted octanol–water partition coefficient (Wildman–Crippen LogP) is 5.18. The average Bonchev–Trinajstić information content (AvgIpc) is 2.46. The molecule has 0 bridgehead atoms. The lowest BCUT2D eigenvalue weighted by molar-refractivity contribution is -0.519. The molecule has 0 radical (unpaired) electrons. The molecule has 2 aromatic rings. The largest absolute Gasteiger partial charge is 0.264 e. The minimum absolute atomic E-state index is 0.0556. The maximum atomic E-state index is 11.0. The molecule has 1 atom stereocenters. The Labute approximate surface area is 133 Å². The van der Waals surface area contributed by atoms with Gasteiger partial charge >= 0.3 is 0 Å². The maximum Gasteiger partial charge on any atom is 0.211 e. The third-order valence-electron chi connectivity index (χ3n) is 3.48. The molecule has 2 rings (SSSR count). The summed E-state index contributed by atoms with van der Waals surface area (Å²) in [6.07, 6.45) is 0.427. The first-order valence-electron chi connectivity index (χ1n) is 6.62. The normalized spacial score (nSPS) is 12.4. The minimum Gasteiger partial charge on any atom is -0.264 e. The molecule has 0 spiro atoms. The number of rotatable bonds is 5. The summed E-state index contributed by atoms with van der Waals surface area (Å²) >= 11 is 11.8. The summed E-state index contributed by atoms with van der Waals surface area (Å²) in [6.45, 7) is 1.62. The first kappa shape index (κ1) is 15.8. The fourth-order valence-corrected chi connectivity index (χ4v) is 2.53. The van der Waals surface area contributed by atoms with E-state index in [1.54, 1.807) is 31.2 Å². The van der Waals surface area contributed by atoms with Gasteiger partial charge in [0.05, 0.1) is 0 Å². The Hall–Kier alpha value is -1.58. The molecule has 0 saturated carbocycles. The number of hydrogen-bond donors (Lipinski definition) is 0. The van der Waals surface area contributed by atoms with E-state index in [2.05, 4.69) is 0 Å². The molecule has 0 heterocycles. The molecule has 0 amide bonds. The van der Waals surface area contributed by atoms with E-state index in [4.69, 9.17) is 23.2 Å². The van der Waals surface area contributed by atoms with E-state index in [0.29, 0.717) is 16.5 Å². The zero-order valence-corrected chi connectivity index (χ0v) is 13.0. The standard InChI is InChI=1S/C16H15Cl2NO2/c1-11(19(20)21)10-16(12-2-6-14(17)7-3-12)13-4-8-15(18)9-5-13/h2-9,11,16H,10H2,1H3. The van der Waals surface area contributed by atoms with E-state index in [1.807, 2.05) is 24.3 Å². The van der Waals surface area contributed by atoms with Crippen molar-refractivity contribution in [1.82, 2.24) is 0 Å². The number of hydrogen-bond acceptors (Lipinski definition) is 2. The SMILES string of the molecule is CC(CC(c1ccc(Cl)cc1)c1ccc(Cl)cc1)[N+](=O)[O-]. The lowest BCUT2D eigenvalue weighted by Crippen LogP contribution is -2.19. The average molecular weight is 324 g/mol. The van der Waals surface area contributed by atoms with Crippen LogP contribution in [0, 0.1) is 10.1 Å². The molecule has 0 N–H and O–H groups in total. The number of nitrogens with zero attached hydrogens (tertiary/aromatic N) is 1. The van der Waals surface area contributed by atoms with Crippen molar-refractivity contribution in [2.75, 3.05) is 0 Å². The molecule has 2 aromatic carbocycles. The molecular weight excluding hydrogens is 309 g/mol. The van der Waals surface area contributed by atoms with E-state index in [9.17, 15) is 10.1 Å². The topological polar surface area (TPSA) is 43.1 Å². The van der Waals surface area contributed by atoms with Crippen molar-refractivity contribution in [3.8, 4) is 0 Å². The molecule has 110 valence electrons. The van der Waals surface area contributed by atoms with Gasteiger partial charge in [-0.2, -0.15) is 0 Å². The van der Waals surface area contributed by atoms with Gasteiger partial charge < -0.3 is 0 Å². The Morgan fingerprint density at radius 2 is 1.33 bits per heavy atom. The molecule has 0 aliphatic heterocycles. The maximum absolute atomic E-state index is 11.0. The Kier molecular flexibility index (Phi) is 5.21. The highest BCUT2D eigenvalue weighted by atomic mass is 35.5. The first-order valence-corrected chi connectivity index (χ1v) is 7.37. The van der Waals surface area contributed by atoms with Gasteiger partial charge in [0.25, 0.3) is 0 Å². The van der Waals surface area contributed by atoms with Gasteiger partial charge in [-0.1, -0.05) is 47.5 Å². The van der Waals surface area contributed by atoms with Crippen LogP contribution in [0.25, 0.3) is 0 Å². The molecule has 0 aliphatic rings. The lowest BCUT2D eigenvalue weighted by Gasteiger charge is -2.19. The number of nitro groups is 1. The molecule has 3 nitrogen and oxygen atoms in total. The van der Waals surface area contributed by atoms with Crippen molar-refractivity contribution >= 4 is 23.2 Å². The van der Waals surface area contributed by atoms with E-state index >= 15 is 0 Å². The van der Waals surface area contributed by atoms with Gasteiger partial charge in [0.2, 0.25) is 6.04 Å². The Morgan fingerprint density at radius 1 is 0.952 bits per heavy atom. The summed E-state index contributed by atoms with van der Waals surface area (Å²) in [5.74, 6) is -0.0556. The molecule has 21 heavy (non-hydrogen) atoms. The number of benzene rings is 2. The zero-order valence-electron chi connectivity index (χ0n) is 11.5. The number of halogens is 2. The fraction of sp³-hybridized carbons (Fsp3) is 0.250. The smallest absolute Gasteiger partial charge is 0.211 e. The van der Waals surface area contributed by atoms with Crippen LogP contribution < -0.4 is 0 Å². The second kappa shape index (κ2) is 6.92. The third kappa shape index (κ3) is 4.19. The van der Waals surface area contributed by atoms with E-state index in [1.165, 1.54) is 0 Å². The van der Waals surface area contributed by atoms with Gasteiger partial charge in [-0.15, -0.1) is 0 Å². The summed E-state index contributed by atoms with van der Waals surface area (Å²) < 4.78 is 0. The van der Waals surface area contributed by atoms with Crippen LogP contribution in [0.2, 0.25) is 10.0 Å². The molecule has 0 aliphatic carbocycles. The van der Waals surface area contributed by atoms with Crippen LogP contribution in [0.5, 0.6) is 0 Å². The van der Waals surface area contributed by atoms with Gasteiger partial charge in [0, 0.05) is 34.2 Å². The van der Waals surface area contributed by atoms with Gasteiger partial charge in [0.15, 0.2) is 0 Å². The molecule has 1 unspecified atom stereocenters. The summed E-state index contributed by atoms with van der Waals surface area (Å²) in [5.41, 5.74) is 2.02. The Bertz CT molecular complexity index is 566. The zero-order chi connectivity index (χ0) is 15.4. The van der Waals surface area contributed by atoms with Crippen molar-refractivity contribution in [3.05, 3.63) is 79.8 Å². The highest BCUT2D eigenvalue weighted by Gasteiger charge is 2.23.